The first-order chi connectivity index (χ1) is 10.7. The van der Waals surface area contributed by atoms with E-state index in [1.54, 1.807) is 49.6 Å². The number of phenolic OH excluding ortho intramolecular Hbond substituents is 1. The second kappa shape index (κ2) is 5.90. The van der Waals surface area contributed by atoms with Crippen molar-refractivity contribution >= 4 is 0 Å². The van der Waals surface area contributed by atoms with Crippen molar-refractivity contribution < 1.29 is 14.2 Å². The Morgan fingerprint density at radius 2 is 1.55 bits per heavy atom. The van der Waals surface area contributed by atoms with Gasteiger partial charge in [0.2, 0.25) is 0 Å². The van der Waals surface area contributed by atoms with Gasteiger partial charge in [-0.25, -0.2) is 4.39 Å². The predicted molar refractivity (Wildman–Crippen MR) is 84.3 cm³/mol. The highest BCUT2D eigenvalue weighted by Crippen LogP contribution is 2.35. The lowest BCUT2D eigenvalue weighted by Crippen LogP contribution is -1.90. The summed E-state index contributed by atoms with van der Waals surface area (Å²) in [5, 5.41) is 9.41. The first-order valence-electron chi connectivity index (χ1n) is 6.82. The van der Waals surface area contributed by atoms with Crippen molar-refractivity contribution in [3.8, 4) is 33.8 Å². The molecular formula is C19H14FO2. The summed E-state index contributed by atoms with van der Waals surface area (Å²) in [6, 6.07) is 19.8. The number of rotatable bonds is 3. The number of aromatic hydroxyl groups is 1. The third-order valence-electron chi connectivity index (χ3n) is 3.50. The van der Waals surface area contributed by atoms with Crippen LogP contribution in [-0.2, 0) is 0 Å². The summed E-state index contributed by atoms with van der Waals surface area (Å²) in [5.41, 5.74) is 2.81. The second-order valence-electron chi connectivity index (χ2n) is 4.87. The van der Waals surface area contributed by atoms with E-state index >= 15 is 0 Å². The highest BCUT2D eigenvalue weighted by atomic mass is 19.1. The van der Waals surface area contributed by atoms with Gasteiger partial charge in [-0.3, -0.25) is 0 Å². The van der Waals surface area contributed by atoms with Crippen molar-refractivity contribution in [2.75, 3.05) is 7.11 Å². The molecule has 1 radical (unpaired) electrons. The Morgan fingerprint density at radius 3 is 2.18 bits per heavy atom. The third-order valence-corrected chi connectivity index (χ3v) is 3.50. The Labute approximate surface area is 128 Å². The Balaban J connectivity index is 2.15. The lowest BCUT2D eigenvalue weighted by molar-refractivity contribution is 0.415. The number of methoxy groups -OCH3 is 1. The quantitative estimate of drug-likeness (QED) is 0.760. The van der Waals surface area contributed by atoms with Crippen molar-refractivity contribution in [1.82, 2.24) is 0 Å². The molecule has 0 saturated heterocycles. The molecule has 0 atom stereocenters. The molecule has 3 heteroatoms. The molecule has 22 heavy (non-hydrogen) atoms. The Hall–Kier alpha value is -2.81. The molecule has 0 aliphatic rings. The molecule has 0 spiro atoms. The largest absolute Gasteiger partial charge is 0.508 e. The fraction of sp³-hybridized carbons (Fsp3) is 0.0526. The van der Waals surface area contributed by atoms with Gasteiger partial charge in [-0.1, -0.05) is 24.3 Å². The predicted octanol–water partition coefficient (Wildman–Crippen LogP) is 4.67. The summed E-state index contributed by atoms with van der Waals surface area (Å²) in [7, 11) is 1.59. The van der Waals surface area contributed by atoms with Gasteiger partial charge in [0, 0.05) is 5.56 Å². The summed E-state index contributed by atoms with van der Waals surface area (Å²) in [4.78, 5) is 0. The number of ether oxygens (including phenoxy) is 1. The van der Waals surface area contributed by atoms with E-state index in [4.69, 9.17) is 4.74 Å². The summed E-state index contributed by atoms with van der Waals surface area (Å²) in [6.07, 6.45) is 0. The van der Waals surface area contributed by atoms with Crippen LogP contribution >= 0.6 is 0 Å². The van der Waals surface area contributed by atoms with Crippen molar-refractivity contribution in [3.63, 3.8) is 0 Å². The van der Waals surface area contributed by atoms with Gasteiger partial charge in [0.15, 0.2) is 0 Å². The highest BCUT2D eigenvalue weighted by molar-refractivity contribution is 5.84. The standard InChI is InChI=1S/C19H14FO2/c1-22-16-11-7-14(8-12-16)19-17(3-2-4-18(19)20)13-5-9-15(21)10-6-13/h3-12,21H,1H3. The first kappa shape index (κ1) is 14.1. The maximum Gasteiger partial charge on any atom is 0.132 e. The summed E-state index contributed by atoms with van der Waals surface area (Å²) < 4.78 is 19.5. The molecule has 1 N–H and O–H groups in total. The molecule has 0 fully saturated rings. The minimum absolute atomic E-state index is 0.176. The van der Waals surface area contributed by atoms with E-state index in [-0.39, 0.29) is 11.6 Å². The van der Waals surface area contributed by atoms with E-state index in [0.29, 0.717) is 5.56 Å². The van der Waals surface area contributed by atoms with E-state index in [1.165, 1.54) is 6.07 Å². The minimum Gasteiger partial charge on any atom is -0.508 e. The molecule has 0 unspecified atom stereocenters. The molecule has 3 aromatic carbocycles. The summed E-state index contributed by atoms with van der Waals surface area (Å²) in [5.74, 6) is 0.559. The number of halogens is 1. The van der Waals surface area contributed by atoms with Crippen molar-refractivity contribution in [1.29, 1.82) is 0 Å². The molecule has 2 nitrogen and oxygen atoms in total. The van der Waals surface area contributed by atoms with Crippen LogP contribution in [0, 0.1) is 11.9 Å². The zero-order chi connectivity index (χ0) is 15.5. The fourth-order valence-electron chi connectivity index (χ4n) is 2.39. The maximum atomic E-state index is 14.4. The average molecular weight is 293 g/mol. The van der Waals surface area contributed by atoms with E-state index < -0.39 is 0 Å². The van der Waals surface area contributed by atoms with Gasteiger partial charge in [-0.05, 0) is 59.2 Å². The molecule has 109 valence electrons. The molecule has 0 aliphatic heterocycles. The molecule has 0 saturated carbocycles. The van der Waals surface area contributed by atoms with Crippen LogP contribution in [0.3, 0.4) is 0 Å². The van der Waals surface area contributed by atoms with Gasteiger partial charge in [-0.15, -0.1) is 0 Å². The summed E-state index contributed by atoms with van der Waals surface area (Å²) in [6.45, 7) is 0. The number of benzene rings is 3. The van der Waals surface area contributed by atoms with Gasteiger partial charge < -0.3 is 9.84 Å². The van der Waals surface area contributed by atoms with E-state index in [2.05, 4.69) is 6.07 Å². The third kappa shape index (κ3) is 2.66. The minimum atomic E-state index is -0.337. The highest BCUT2D eigenvalue weighted by Gasteiger charge is 2.12. The van der Waals surface area contributed by atoms with Crippen LogP contribution in [0.5, 0.6) is 11.5 Å². The van der Waals surface area contributed by atoms with E-state index in [1.807, 2.05) is 12.1 Å². The molecule has 0 aliphatic carbocycles. The number of hydrogen-bond donors (Lipinski definition) is 1. The SMILES string of the molecule is COc1ccc(-c2c(F)c[c]cc2-c2ccc(O)cc2)cc1. The second-order valence-corrected chi connectivity index (χ2v) is 4.87. The van der Waals surface area contributed by atoms with Crippen LogP contribution in [0.2, 0.25) is 0 Å². The summed E-state index contributed by atoms with van der Waals surface area (Å²) >= 11 is 0. The molecule has 0 aromatic heterocycles. The Morgan fingerprint density at radius 1 is 0.909 bits per heavy atom. The monoisotopic (exact) mass is 293 g/mol. The van der Waals surface area contributed by atoms with Crippen LogP contribution in [0.4, 0.5) is 4.39 Å². The van der Waals surface area contributed by atoms with Crippen molar-refractivity contribution in [3.05, 3.63) is 72.5 Å². The lowest BCUT2D eigenvalue weighted by Gasteiger charge is -2.12. The zero-order valence-electron chi connectivity index (χ0n) is 12.0. The van der Waals surface area contributed by atoms with Crippen LogP contribution in [0.1, 0.15) is 0 Å². The van der Waals surface area contributed by atoms with E-state index in [9.17, 15) is 9.50 Å². The topological polar surface area (TPSA) is 29.5 Å². The van der Waals surface area contributed by atoms with Gasteiger partial charge in [0.1, 0.15) is 17.3 Å². The van der Waals surface area contributed by atoms with Gasteiger partial charge in [-0.2, -0.15) is 0 Å². The number of phenols is 1. The molecule has 0 amide bonds. The van der Waals surface area contributed by atoms with Gasteiger partial charge in [0.05, 0.1) is 7.11 Å². The van der Waals surface area contributed by atoms with Crippen LogP contribution in [-0.4, -0.2) is 12.2 Å². The van der Waals surface area contributed by atoms with Crippen LogP contribution in [0.25, 0.3) is 22.3 Å². The Bertz CT molecular complexity index is 778. The van der Waals surface area contributed by atoms with Crippen molar-refractivity contribution in [2.24, 2.45) is 0 Å². The maximum absolute atomic E-state index is 14.4. The number of hydrogen-bond acceptors (Lipinski definition) is 2. The fourth-order valence-corrected chi connectivity index (χ4v) is 2.39. The van der Waals surface area contributed by atoms with Crippen LogP contribution in [0.15, 0.2) is 60.7 Å². The lowest BCUT2D eigenvalue weighted by atomic mass is 9.94. The van der Waals surface area contributed by atoms with Crippen molar-refractivity contribution in [2.45, 2.75) is 0 Å². The van der Waals surface area contributed by atoms with Crippen LogP contribution < -0.4 is 4.74 Å². The van der Waals surface area contributed by atoms with Gasteiger partial charge >= 0.3 is 0 Å². The smallest absolute Gasteiger partial charge is 0.132 e. The average Bonchev–Trinajstić information content (AvgIpc) is 2.55. The molecule has 3 aromatic rings. The first-order valence-corrected chi connectivity index (χ1v) is 6.82. The van der Waals surface area contributed by atoms with Gasteiger partial charge in [0.25, 0.3) is 0 Å². The zero-order valence-corrected chi connectivity index (χ0v) is 12.0. The molecule has 0 heterocycles. The normalized spacial score (nSPS) is 10.5. The molecule has 3 rings (SSSR count). The molecule has 0 bridgehead atoms. The molecular weight excluding hydrogens is 279 g/mol. The van der Waals surface area contributed by atoms with E-state index in [0.717, 1.165) is 22.4 Å². The Kier molecular flexibility index (Phi) is 3.79.